The van der Waals surface area contributed by atoms with E-state index in [1.54, 1.807) is 42.2 Å². The third-order valence-electron chi connectivity index (χ3n) is 6.27. The molecule has 0 unspecified atom stereocenters. The van der Waals surface area contributed by atoms with Crippen molar-refractivity contribution in [2.75, 3.05) is 4.72 Å². The number of halogens is 1. The number of carbonyl (C=O) groups excluding carboxylic acids is 2. The molecule has 0 spiro atoms. The minimum absolute atomic E-state index is 0.0458. The van der Waals surface area contributed by atoms with Crippen LogP contribution in [0.3, 0.4) is 0 Å². The molecule has 11 heteroatoms. The number of aromatic nitrogens is 1. The van der Waals surface area contributed by atoms with Gasteiger partial charge in [-0.1, -0.05) is 80.0 Å². The molecule has 2 amide bonds. The highest BCUT2D eigenvalue weighted by molar-refractivity contribution is 7.92. The lowest BCUT2D eigenvalue weighted by atomic mass is 9.98. The van der Waals surface area contributed by atoms with Crippen molar-refractivity contribution in [3.8, 4) is 11.1 Å². The van der Waals surface area contributed by atoms with Gasteiger partial charge in [0.05, 0.1) is 4.90 Å². The first-order valence-electron chi connectivity index (χ1n) is 13.3. The minimum atomic E-state index is -4.04. The van der Waals surface area contributed by atoms with Gasteiger partial charge in [-0.3, -0.25) is 14.3 Å². The molecule has 216 valence electrons. The van der Waals surface area contributed by atoms with Gasteiger partial charge in [0.1, 0.15) is 11.1 Å². The van der Waals surface area contributed by atoms with Crippen molar-refractivity contribution in [2.45, 2.75) is 77.9 Å². The van der Waals surface area contributed by atoms with E-state index in [-0.39, 0.29) is 46.1 Å². The summed E-state index contributed by atoms with van der Waals surface area (Å²) in [4.78, 5) is 27.9. The van der Waals surface area contributed by atoms with Crippen LogP contribution in [0.25, 0.3) is 11.1 Å². The highest BCUT2D eigenvalue weighted by Crippen LogP contribution is 2.31. The number of hydrogen-bond donors (Lipinski definition) is 2. The molecule has 0 aliphatic rings. The molecule has 0 fully saturated rings. The average Bonchev–Trinajstić information content (AvgIpc) is 3.20. The van der Waals surface area contributed by atoms with Gasteiger partial charge in [0.15, 0.2) is 5.76 Å². The Hall–Kier alpha value is -3.37. The quantitative estimate of drug-likeness (QED) is 0.276. The standard InChI is InChI=1S/C29H37ClN4O5S/c1-7-10-25(35)34(27(18(2)3)29(36)31-19(4)5)17-21-13-15-22(16-14-21)23-11-8-9-12-24(23)40(37,38)33-28-26(30)20(6)39-32-28/h8-9,11-16,18-19,27H,7,10,17H2,1-6H3,(H,31,36)(H,32,33)/t27-/m0/s1. The van der Waals surface area contributed by atoms with Gasteiger partial charge in [0, 0.05) is 24.6 Å². The molecule has 3 aromatic rings. The van der Waals surface area contributed by atoms with Gasteiger partial charge < -0.3 is 14.7 Å². The fourth-order valence-electron chi connectivity index (χ4n) is 4.41. The van der Waals surface area contributed by atoms with E-state index in [1.165, 1.54) is 6.07 Å². The molecule has 2 aromatic carbocycles. The molecule has 1 atom stereocenters. The predicted octanol–water partition coefficient (Wildman–Crippen LogP) is 5.78. The van der Waals surface area contributed by atoms with Crippen LogP contribution in [0.2, 0.25) is 5.02 Å². The Morgan fingerprint density at radius 2 is 1.70 bits per heavy atom. The molecule has 0 saturated carbocycles. The van der Waals surface area contributed by atoms with E-state index in [4.69, 9.17) is 16.1 Å². The van der Waals surface area contributed by atoms with Crippen molar-refractivity contribution >= 4 is 39.3 Å². The monoisotopic (exact) mass is 588 g/mol. The SMILES string of the molecule is CCCC(=O)N(Cc1ccc(-c2ccccc2S(=O)(=O)Nc2noc(C)c2Cl)cc1)[C@H](C(=O)NC(C)C)C(C)C. The Morgan fingerprint density at radius 1 is 1.05 bits per heavy atom. The van der Waals surface area contributed by atoms with Gasteiger partial charge in [0.2, 0.25) is 17.6 Å². The van der Waals surface area contributed by atoms with Crippen molar-refractivity contribution < 1.29 is 22.5 Å². The average molecular weight is 589 g/mol. The summed E-state index contributed by atoms with van der Waals surface area (Å²) in [6.45, 7) is 11.4. The van der Waals surface area contributed by atoms with Gasteiger partial charge in [-0.15, -0.1) is 0 Å². The van der Waals surface area contributed by atoms with Gasteiger partial charge in [-0.25, -0.2) is 8.42 Å². The van der Waals surface area contributed by atoms with Crippen molar-refractivity contribution in [1.82, 2.24) is 15.4 Å². The van der Waals surface area contributed by atoms with E-state index in [0.29, 0.717) is 29.7 Å². The predicted molar refractivity (Wildman–Crippen MR) is 156 cm³/mol. The number of benzene rings is 2. The first-order chi connectivity index (χ1) is 18.9. The number of amides is 2. The van der Waals surface area contributed by atoms with E-state index in [0.717, 1.165) is 5.56 Å². The number of sulfonamides is 1. The molecule has 0 aliphatic carbocycles. The first-order valence-corrected chi connectivity index (χ1v) is 15.1. The molecular weight excluding hydrogens is 552 g/mol. The van der Waals surface area contributed by atoms with Gasteiger partial charge in [-0.05, 0) is 50.3 Å². The van der Waals surface area contributed by atoms with E-state index in [9.17, 15) is 18.0 Å². The fraction of sp³-hybridized carbons (Fsp3) is 0.414. The third-order valence-corrected chi connectivity index (χ3v) is 8.11. The topological polar surface area (TPSA) is 122 Å². The maximum atomic E-state index is 13.3. The molecule has 0 aliphatic heterocycles. The Bertz CT molecular complexity index is 1430. The van der Waals surface area contributed by atoms with Crippen molar-refractivity contribution in [2.24, 2.45) is 5.92 Å². The van der Waals surface area contributed by atoms with Crippen molar-refractivity contribution in [3.05, 3.63) is 64.9 Å². The van der Waals surface area contributed by atoms with Gasteiger partial charge >= 0.3 is 0 Å². The summed E-state index contributed by atoms with van der Waals surface area (Å²) < 4.78 is 33.9. The zero-order valence-corrected chi connectivity index (χ0v) is 25.3. The Balaban J connectivity index is 1.92. The zero-order valence-electron chi connectivity index (χ0n) is 23.7. The van der Waals surface area contributed by atoms with Crippen LogP contribution < -0.4 is 10.0 Å². The normalized spacial score (nSPS) is 12.4. The number of carbonyl (C=O) groups is 2. The third kappa shape index (κ3) is 7.42. The van der Waals surface area contributed by atoms with Crippen LogP contribution in [0, 0.1) is 12.8 Å². The van der Waals surface area contributed by atoms with E-state index in [2.05, 4.69) is 15.2 Å². The Morgan fingerprint density at radius 3 is 2.25 bits per heavy atom. The molecule has 2 N–H and O–H groups in total. The molecule has 3 rings (SSSR count). The zero-order chi connectivity index (χ0) is 29.6. The number of anilines is 1. The minimum Gasteiger partial charge on any atom is -0.358 e. The maximum Gasteiger partial charge on any atom is 0.263 e. The fourth-order valence-corrected chi connectivity index (χ4v) is 5.81. The van der Waals surface area contributed by atoms with E-state index >= 15 is 0 Å². The summed E-state index contributed by atoms with van der Waals surface area (Å²) in [5, 5.41) is 6.73. The lowest BCUT2D eigenvalue weighted by Crippen LogP contribution is -2.53. The summed E-state index contributed by atoms with van der Waals surface area (Å²) >= 11 is 6.11. The lowest BCUT2D eigenvalue weighted by Gasteiger charge is -2.34. The molecule has 40 heavy (non-hydrogen) atoms. The summed E-state index contributed by atoms with van der Waals surface area (Å²) in [5.74, 6) is -0.141. The molecule has 1 aromatic heterocycles. The second-order valence-electron chi connectivity index (χ2n) is 10.3. The number of nitrogens with zero attached hydrogens (tertiary/aromatic N) is 2. The molecular formula is C29H37ClN4O5S. The van der Waals surface area contributed by atoms with Crippen LogP contribution >= 0.6 is 11.6 Å². The van der Waals surface area contributed by atoms with Crippen LogP contribution in [0.5, 0.6) is 0 Å². The maximum absolute atomic E-state index is 13.3. The molecule has 0 bridgehead atoms. The van der Waals surface area contributed by atoms with Crippen LogP contribution in [-0.2, 0) is 26.2 Å². The number of nitrogens with one attached hydrogen (secondary N) is 2. The highest BCUT2D eigenvalue weighted by atomic mass is 35.5. The van der Waals surface area contributed by atoms with Crippen LogP contribution in [0.1, 0.15) is 58.8 Å². The largest absolute Gasteiger partial charge is 0.358 e. The second-order valence-corrected chi connectivity index (χ2v) is 12.4. The summed E-state index contributed by atoms with van der Waals surface area (Å²) in [6, 6.07) is 13.2. The summed E-state index contributed by atoms with van der Waals surface area (Å²) in [5.41, 5.74) is 1.96. The van der Waals surface area contributed by atoms with Crippen LogP contribution in [0.15, 0.2) is 57.9 Å². The first kappa shape index (κ1) is 31.2. The lowest BCUT2D eigenvalue weighted by molar-refractivity contribution is -0.143. The highest BCUT2D eigenvalue weighted by Gasteiger charge is 2.32. The Labute approximate surface area is 241 Å². The van der Waals surface area contributed by atoms with E-state index < -0.39 is 16.1 Å². The molecule has 9 nitrogen and oxygen atoms in total. The van der Waals surface area contributed by atoms with E-state index in [1.807, 2.05) is 46.8 Å². The van der Waals surface area contributed by atoms with Crippen molar-refractivity contribution in [1.29, 1.82) is 0 Å². The summed E-state index contributed by atoms with van der Waals surface area (Å²) in [7, 11) is -4.04. The smallest absolute Gasteiger partial charge is 0.263 e. The van der Waals surface area contributed by atoms with Crippen molar-refractivity contribution in [3.63, 3.8) is 0 Å². The van der Waals surface area contributed by atoms with Gasteiger partial charge in [0.25, 0.3) is 10.0 Å². The number of rotatable bonds is 12. The van der Waals surface area contributed by atoms with Crippen LogP contribution in [-0.4, -0.2) is 42.4 Å². The molecule has 1 heterocycles. The molecule has 0 radical (unpaired) electrons. The number of aryl methyl sites for hydroxylation is 1. The summed E-state index contributed by atoms with van der Waals surface area (Å²) in [6.07, 6.45) is 1.01. The number of hydrogen-bond acceptors (Lipinski definition) is 6. The Kier molecular flexibility index (Phi) is 10.4. The van der Waals surface area contributed by atoms with Gasteiger partial charge in [-0.2, -0.15) is 0 Å². The molecule has 0 saturated heterocycles. The second kappa shape index (κ2) is 13.3. The van der Waals surface area contributed by atoms with Crippen LogP contribution in [0.4, 0.5) is 5.82 Å².